The first kappa shape index (κ1) is 12.8. The highest BCUT2D eigenvalue weighted by atomic mass is 32.2. The van der Waals surface area contributed by atoms with E-state index in [9.17, 15) is 13.2 Å². The van der Waals surface area contributed by atoms with Gasteiger partial charge in [-0.25, -0.2) is 8.42 Å². The maximum Gasteiger partial charge on any atom is 0.242 e. The number of nitrogens with one attached hydrogen (secondary N) is 1. The van der Waals surface area contributed by atoms with Crippen LogP contribution in [0, 0.1) is 0 Å². The van der Waals surface area contributed by atoms with Gasteiger partial charge in [0.1, 0.15) is 6.04 Å². The number of amides is 1. The molecule has 6 nitrogen and oxygen atoms in total. The van der Waals surface area contributed by atoms with Gasteiger partial charge in [0.25, 0.3) is 0 Å². The van der Waals surface area contributed by atoms with E-state index in [1.165, 1.54) is 0 Å². The second-order valence-corrected chi connectivity index (χ2v) is 6.82. The summed E-state index contributed by atoms with van der Waals surface area (Å²) in [6, 6.07) is -0.520. The molecule has 2 fully saturated rings. The molecule has 0 aromatic rings. The number of morpholine rings is 1. The minimum absolute atomic E-state index is 0.0770. The molecule has 0 spiro atoms. The van der Waals surface area contributed by atoms with E-state index in [2.05, 4.69) is 5.32 Å². The number of hydrogen-bond donors (Lipinski definition) is 1. The van der Waals surface area contributed by atoms with Crippen molar-refractivity contribution in [2.45, 2.75) is 18.5 Å². The number of rotatable bonds is 2. The molecule has 2 atom stereocenters. The fourth-order valence-corrected chi connectivity index (χ4v) is 4.00. The molecule has 2 saturated heterocycles. The van der Waals surface area contributed by atoms with Crippen LogP contribution in [0.3, 0.4) is 0 Å². The Morgan fingerprint density at radius 1 is 1.47 bits per heavy atom. The normalized spacial score (nSPS) is 32.3. The lowest BCUT2D eigenvalue weighted by Crippen LogP contribution is -2.54. The molecule has 0 aromatic carbocycles. The minimum Gasteiger partial charge on any atom is -0.378 e. The van der Waals surface area contributed by atoms with Crippen LogP contribution in [0.2, 0.25) is 0 Å². The van der Waals surface area contributed by atoms with Crippen molar-refractivity contribution in [3.63, 3.8) is 0 Å². The molecule has 1 amide bonds. The lowest BCUT2D eigenvalue weighted by atomic mass is 10.2. The quantitative estimate of drug-likeness (QED) is 0.664. The summed E-state index contributed by atoms with van der Waals surface area (Å²) in [5.74, 6) is 0.193. The van der Waals surface area contributed by atoms with Crippen LogP contribution >= 0.6 is 0 Å². The first-order chi connectivity index (χ1) is 7.99. The summed E-state index contributed by atoms with van der Waals surface area (Å²) in [6.07, 6.45) is 0.540. The number of nitrogens with zero attached hydrogens (tertiary/aromatic N) is 1. The van der Waals surface area contributed by atoms with E-state index in [4.69, 9.17) is 4.74 Å². The predicted molar refractivity (Wildman–Crippen MR) is 62.4 cm³/mol. The summed E-state index contributed by atoms with van der Waals surface area (Å²) in [7, 11) is -1.28. The Kier molecular flexibility index (Phi) is 3.70. The molecule has 0 radical (unpaired) electrons. The molecule has 0 aliphatic carbocycles. The third kappa shape index (κ3) is 2.97. The van der Waals surface area contributed by atoms with Gasteiger partial charge < -0.3 is 15.0 Å². The summed E-state index contributed by atoms with van der Waals surface area (Å²) in [4.78, 5) is 13.6. The number of carbonyl (C=O) groups is 1. The zero-order valence-corrected chi connectivity index (χ0v) is 10.7. The van der Waals surface area contributed by atoms with Gasteiger partial charge in [-0.05, 0) is 6.42 Å². The van der Waals surface area contributed by atoms with E-state index >= 15 is 0 Å². The van der Waals surface area contributed by atoms with Crippen molar-refractivity contribution in [3.05, 3.63) is 0 Å². The summed E-state index contributed by atoms with van der Waals surface area (Å²) in [5.41, 5.74) is 0. The van der Waals surface area contributed by atoms with Crippen LogP contribution in [-0.4, -0.2) is 69.6 Å². The Balaban J connectivity index is 1.95. The van der Waals surface area contributed by atoms with Gasteiger partial charge in [0.2, 0.25) is 5.91 Å². The highest BCUT2D eigenvalue weighted by Gasteiger charge is 2.35. The Bertz CT molecular complexity index is 389. The zero-order chi connectivity index (χ0) is 12.5. The Morgan fingerprint density at radius 2 is 2.24 bits per heavy atom. The fourth-order valence-electron chi connectivity index (χ4n) is 2.23. The average Bonchev–Trinajstić information content (AvgIpc) is 2.69. The Labute approximate surface area is 101 Å². The third-order valence-electron chi connectivity index (χ3n) is 3.32. The number of hydrogen-bond acceptors (Lipinski definition) is 5. The minimum atomic E-state index is -2.95. The van der Waals surface area contributed by atoms with Gasteiger partial charge in [0.15, 0.2) is 9.84 Å². The molecule has 2 aliphatic rings. The van der Waals surface area contributed by atoms with Crippen molar-refractivity contribution >= 4 is 15.7 Å². The first-order valence-corrected chi connectivity index (χ1v) is 7.60. The molecule has 17 heavy (non-hydrogen) atoms. The van der Waals surface area contributed by atoms with Gasteiger partial charge in [-0.1, -0.05) is 0 Å². The highest BCUT2D eigenvalue weighted by Crippen LogP contribution is 2.17. The van der Waals surface area contributed by atoms with E-state index < -0.39 is 9.84 Å². The van der Waals surface area contributed by atoms with E-state index in [1.54, 1.807) is 11.9 Å². The summed E-state index contributed by atoms with van der Waals surface area (Å²) >= 11 is 0. The van der Waals surface area contributed by atoms with Crippen LogP contribution in [-0.2, 0) is 19.4 Å². The smallest absolute Gasteiger partial charge is 0.242 e. The van der Waals surface area contributed by atoms with Gasteiger partial charge in [-0.15, -0.1) is 0 Å². The number of carbonyl (C=O) groups excluding carboxylic acids is 1. The molecule has 0 bridgehead atoms. The van der Waals surface area contributed by atoms with Crippen LogP contribution in [0.25, 0.3) is 0 Å². The van der Waals surface area contributed by atoms with E-state index in [0.717, 1.165) is 0 Å². The Hall–Kier alpha value is -0.660. The van der Waals surface area contributed by atoms with Crippen molar-refractivity contribution < 1.29 is 17.9 Å². The van der Waals surface area contributed by atoms with Crippen molar-refractivity contribution in [2.24, 2.45) is 0 Å². The molecule has 7 heteroatoms. The van der Waals surface area contributed by atoms with Gasteiger partial charge >= 0.3 is 0 Å². The number of likely N-dealkylation sites (N-methyl/N-ethyl adjacent to an activating group) is 1. The maximum absolute atomic E-state index is 12.1. The van der Waals surface area contributed by atoms with Crippen LogP contribution in [0.15, 0.2) is 0 Å². The summed E-state index contributed by atoms with van der Waals surface area (Å²) in [5, 5.41) is 3.08. The van der Waals surface area contributed by atoms with E-state index in [0.29, 0.717) is 26.2 Å². The highest BCUT2D eigenvalue weighted by molar-refractivity contribution is 7.91. The van der Waals surface area contributed by atoms with Gasteiger partial charge in [-0.2, -0.15) is 0 Å². The molecule has 0 saturated carbocycles. The van der Waals surface area contributed by atoms with Crippen LogP contribution < -0.4 is 5.32 Å². The van der Waals surface area contributed by atoms with Gasteiger partial charge in [0, 0.05) is 19.6 Å². The molecule has 2 aliphatic heterocycles. The third-order valence-corrected chi connectivity index (χ3v) is 5.07. The second-order valence-electron chi connectivity index (χ2n) is 4.59. The van der Waals surface area contributed by atoms with Crippen molar-refractivity contribution in [2.75, 3.05) is 38.3 Å². The van der Waals surface area contributed by atoms with Gasteiger partial charge in [-0.3, -0.25) is 4.79 Å². The Morgan fingerprint density at radius 3 is 2.76 bits per heavy atom. The first-order valence-electron chi connectivity index (χ1n) is 5.78. The fraction of sp³-hybridized carbons (Fsp3) is 0.900. The van der Waals surface area contributed by atoms with Crippen LogP contribution in [0.1, 0.15) is 6.42 Å². The molecule has 2 rings (SSSR count). The summed E-state index contributed by atoms with van der Waals surface area (Å²) < 4.78 is 28.0. The second kappa shape index (κ2) is 4.91. The zero-order valence-electron chi connectivity index (χ0n) is 9.89. The standard InChI is InChI=1S/C10H18N2O4S/c1-12(8-2-5-17(14,15)7-8)10(13)9-6-16-4-3-11-9/h8-9,11H,2-7H2,1H3. The maximum atomic E-state index is 12.1. The van der Waals surface area contributed by atoms with E-state index in [-0.39, 0.29) is 29.5 Å². The molecule has 0 aromatic heterocycles. The lowest BCUT2D eigenvalue weighted by Gasteiger charge is -2.30. The average molecular weight is 262 g/mol. The monoisotopic (exact) mass is 262 g/mol. The van der Waals surface area contributed by atoms with Crippen molar-refractivity contribution in [1.29, 1.82) is 0 Å². The van der Waals surface area contributed by atoms with Crippen LogP contribution in [0.4, 0.5) is 0 Å². The topological polar surface area (TPSA) is 75.7 Å². The molecular weight excluding hydrogens is 244 g/mol. The van der Waals surface area contributed by atoms with Crippen molar-refractivity contribution in [3.8, 4) is 0 Å². The molecular formula is C10H18N2O4S. The van der Waals surface area contributed by atoms with Crippen molar-refractivity contribution in [1.82, 2.24) is 10.2 Å². The largest absolute Gasteiger partial charge is 0.378 e. The molecule has 98 valence electrons. The number of sulfone groups is 1. The molecule has 2 heterocycles. The number of ether oxygens (including phenoxy) is 1. The van der Waals surface area contributed by atoms with Crippen LogP contribution in [0.5, 0.6) is 0 Å². The van der Waals surface area contributed by atoms with E-state index in [1.807, 2.05) is 0 Å². The molecule has 2 unspecified atom stereocenters. The predicted octanol–water partition coefficient (Wildman–Crippen LogP) is -1.38. The molecule has 1 N–H and O–H groups in total. The SMILES string of the molecule is CN(C(=O)C1COCCN1)C1CCS(=O)(=O)C1. The lowest BCUT2D eigenvalue weighted by molar-refractivity contribution is -0.136. The summed E-state index contributed by atoms with van der Waals surface area (Å²) in [6.45, 7) is 1.64. The van der Waals surface area contributed by atoms with Gasteiger partial charge in [0.05, 0.1) is 24.7 Å².